The average Bonchev–Trinajstić information content (AvgIpc) is 2.66. The summed E-state index contributed by atoms with van der Waals surface area (Å²) < 4.78 is 0. The van der Waals surface area contributed by atoms with Crippen molar-refractivity contribution in [1.82, 2.24) is 20.6 Å². The molecule has 5 fully saturated rings. The molecule has 0 spiro atoms. The summed E-state index contributed by atoms with van der Waals surface area (Å²) in [5.41, 5.74) is -0.0845. The molecule has 1 amide bonds. The zero-order valence-corrected chi connectivity index (χ0v) is 15.9. The zero-order valence-electron chi connectivity index (χ0n) is 15.9. The maximum Gasteiger partial charge on any atom is 0.263 e. The quantitative estimate of drug-likeness (QED) is 0.756. The maximum atomic E-state index is 12.7. The summed E-state index contributed by atoms with van der Waals surface area (Å²) >= 11 is 0. The first kappa shape index (κ1) is 17.4. The monoisotopic (exact) mass is 370 g/mol. The zero-order chi connectivity index (χ0) is 18.4. The van der Waals surface area contributed by atoms with Crippen LogP contribution in [0.4, 0.5) is 0 Å². The molecule has 27 heavy (non-hydrogen) atoms. The normalized spacial score (nSPS) is 37.3. The van der Waals surface area contributed by atoms with Crippen LogP contribution in [0.15, 0.2) is 11.0 Å². The van der Waals surface area contributed by atoms with Gasteiger partial charge in [-0.2, -0.15) is 0 Å². The highest BCUT2D eigenvalue weighted by Crippen LogP contribution is 2.59. The lowest BCUT2D eigenvalue weighted by molar-refractivity contribution is -0.00953. The second-order valence-corrected chi connectivity index (χ2v) is 9.59. The smallest absolute Gasteiger partial charge is 0.263 e. The molecule has 6 nitrogen and oxygen atoms in total. The first-order chi connectivity index (χ1) is 13.1. The largest absolute Gasteiger partial charge is 0.351 e. The molecule has 4 aliphatic carbocycles. The molecule has 1 aromatic heterocycles. The average molecular weight is 370 g/mol. The standard InChI is InChI=1S/C21H30N4O2/c26-18(23-11-13-2-1-3-22-10-13)17-12-24-20(25-19(17)27)21-7-14-4-15(8-21)6-16(5-14)9-21/h12-16,22H,1-11H2,(H,23,26)(H,24,25,27)/t13-,14?,15?,16?,21?/m0/s1. The van der Waals surface area contributed by atoms with Gasteiger partial charge in [0.2, 0.25) is 0 Å². The number of nitrogens with one attached hydrogen (secondary N) is 3. The SMILES string of the molecule is O=C(NC[C@H]1CCCNC1)c1cnc(C23CC4CC(CC(C4)C2)C3)[nH]c1=O. The minimum absolute atomic E-state index is 0.0523. The molecule has 6 heteroatoms. The minimum atomic E-state index is -0.300. The Morgan fingerprint density at radius 1 is 1.19 bits per heavy atom. The number of H-pyrrole nitrogens is 1. The van der Waals surface area contributed by atoms with Crippen LogP contribution in [-0.4, -0.2) is 35.5 Å². The van der Waals surface area contributed by atoms with Gasteiger partial charge in [-0.1, -0.05) is 0 Å². The molecule has 4 saturated carbocycles. The maximum absolute atomic E-state index is 12.7. The van der Waals surface area contributed by atoms with Gasteiger partial charge in [0.05, 0.1) is 0 Å². The number of aromatic amines is 1. The minimum Gasteiger partial charge on any atom is -0.351 e. The Balaban J connectivity index is 1.31. The Morgan fingerprint density at radius 3 is 2.48 bits per heavy atom. The van der Waals surface area contributed by atoms with Crippen molar-refractivity contribution in [2.45, 2.75) is 56.8 Å². The van der Waals surface area contributed by atoms with E-state index in [1.165, 1.54) is 25.5 Å². The molecule has 1 aliphatic heterocycles. The fraction of sp³-hybridized carbons (Fsp3) is 0.762. The number of piperidine rings is 1. The highest BCUT2D eigenvalue weighted by Gasteiger charge is 2.52. The summed E-state index contributed by atoms with van der Waals surface area (Å²) in [6.45, 7) is 2.60. The molecular formula is C21H30N4O2. The van der Waals surface area contributed by atoms with Gasteiger partial charge in [0.1, 0.15) is 11.4 Å². The first-order valence-corrected chi connectivity index (χ1v) is 10.7. The van der Waals surface area contributed by atoms with Crippen molar-refractivity contribution in [3.8, 4) is 0 Å². The van der Waals surface area contributed by atoms with Crippen LogP contribution >= 0.6 is 0 Å². The van der Waals surface area contributed by atoms with Gasteiger partial charge in [0, 0.05) is 18.2 Å². The van der Waals surface area contributed by atoms with E-state index in [4.69, 9.17) is 0 Å². The van der Waals surface area contributed by atoms with Gasteiger partial charge in [-0.3, -0.25) is 9.59 Å². The fourth-order valence-corrected chi connectivity index (χ4v) is 6.66. The molecule has 1 saturated heterocycles. The Bertz CT molecular complexity index is 745. The van der Waals surface area contributed by atoms with Crippen LogP contribution in [0, 0.1) is 23.7 Å². The van der Waals surface area contributed by atoms with Gasteiger partial charge < -0.3 is 15.6 Å². The third-order valence-electron chi connectivity index (χ3n) is 7.53. The summed E-state index contributed by atoms with van der Waals surface area (Å²) in [5, 5.41) is 6.27. The summed E-state index contributed by atoms with van der Waals surface area (Å²) in [6.07, 6.45) is 11.3. The van der Waals surface area contributed by atoms with E-state index in [2.05, 4.69) is 20.6 Å². The van der Waals surface area contributed by atoms with E-state index < -0.39 is 0 Å². The molecule has 4 bridgehead atoms. The van der Waals surface area contributed by atoms with Crippen molar-refractivity contribution in [2.24, 2.45) is 23.7 Å². The second kappa shape index (κ2) is 6.73. The molecule has 0 aromatic carbocycles. The van der Waals surface area contributed by atoms with Crippen molar-refractivity contribution in [3.05, 3.63) is 27.9 Å². The lowest BCUT2D eigenvalue weighted by Gasteiger charge is -2.56. The third-order valence-corrected chi connectivity index (χ3v) is 7.53. The summed E-state index contributed by atoms with van der Waals surface area (Å²) in [4.78, 5) is 32.8. The summed E-state index contributed by atoms with van der Waals surface area (Å²) in [5.74, 6) is 3.38. The molecule has 3 N–H and O–H groups in total. The Hall–Kier alpha value is -1.69. The van der Waals surface area contributed by atoms with Crippen LogP contribution in [0.5, 0.6) is 0 Å². The van der Waals surface area contributed by atoms with E-state index in [0.717, 1.165) is 68.8 Å². The Labute approximate surface area is 159 Å². The van der Waals surface area contributed by atoms with E-state index in [1.807, 2.05) is 0 Å². The summed E-state index contributed by atoms with van der Waals surface area (Å²) in [7, 11) is 0. The van der Waals surface area contributed by atoms with Crippen LogP contribution in [0.25, 0.3) is 0 Å². The topological polar surface area (TPSA) is 86.9 Å². The third kappa shape index (κ3) is 3.22. The van der Waals surface area contributed by atoms with E-state index >= 15 is 0 Å². The molecule has 2 heterocycles. The van der Waals surface area contributed by atoms with Gasteiger partial charge >= 0.3 is 0 Å². The van der Waals surface area contributed by atoms with E-state index in [9.17, 15) is 9.59 Å². The van der Waals surface area contributed by atoms with Gasteiger partial charge in [0.25, 0.3) is 11.5 Å². The van der Waals surface area contributed by atoms with Crippen molar-refractivity contribution in [3.63, 3.8) is 0 Å². The number of nitrogens with zero attached hydrogens (tertiary/aromatic N) is 1. The number of hydrogen-bond acceptors (Lipinski definition) is 4. The molecule has 1 atom stereocenters. The summed E-state index contributed by atoms with van der Waals surface area (Å²) in [6, 6.07) is 0. The lowest BCUT2D eigenvalue weighted by atomic mass is 9.49. The van der Waals surface area contributed by atoms with E-state index in [0.29, 0.717) is 12.5 Å². The van der Waals surface area contributed by atoms with Crippen molar-refractivity contribution in [2.75, 3.05) is 19.6 Å². The molecule has 1 aromatic rings. The van der Waals surface area contributed by atoms with Crippen LogP contribution in [0.2, 0.25) is 0 Å². The second-order valence-electron chi connectivity index (χ2n) is 9.59. The van der Waals surface area contributed by atoms with Crippen molar-refractivity contribution < 1.29 is 4.79 Å². The molecule has 0 radical (unpaired) electrons. The highest BCUT2D eigenvalue weighted by atomic mass is 16.2. The van der Waals surface area contributed by atoms with Gasteiger partial charge in [-0.05, 0) is 88.1 Å². The van der Waals surface area contributed by atoms with Crippen LogP contribution < -0.4 is 16.2 Å². The Kier molecular flexibility index (Phi) is 4.34. The van der Waals surface area contributed by atoms with E-state index in [-0.39, 0.29) is 22.4 Å². The number of hydrogen-bond donors (Lipinski definition) is 3. The number of carbonyl (C=O) groups excluding carboxylic acids is 1. The Morgan fingerprint density at radius 2 is 1.89 bits per heavy atom. The van der Waals surface area contributed by atoms with E-state index in [1.54, 1.807) is 0 Å². The molecule has 5 aliphatic rings. The van der Waals surface area contributed by atoms with Crippen LogP contribution in [0.1, 0.15) is 67.5 Å². The van der Waals surface area contributed by atoms with Crippen molar-refractivity contribution >= 4 is 5.91 Å². The van der Waals surface area contributed by atoms with Gasteiger partial charge in [-0.15, -0.1) is 0 Å². The predicted molar refractivity (Wildman–Crippen MR) is 103 cm³/mol. The number of amides is 1. The fourth-order valence-electron chi connectivity index (χ4n) is 6.66. The molecular weight excluding hydrogens is 340 g/mol. The number of aromatic nitrogens is 2. The van der Waals surface area contributed by atoms with Gasteiger partial charge in [0.15, 0.2) is 0 Å². The number of rotatable bonds is 4. The van der Waals surface area contributed by atoms with Crippen molar-refractivity contribution in [1.29, 1.82) is 0 Å². The lowest BCUT2D eigenvalue weighted by Crippen LogP contribution is -2.50. The number of carbonyl (C=O) groups is 1. The molecule has 146 valence electrons. The van der Waals surface area contributed by atoms with Crippen LogP contribution in [0.3, 0.4) is 0 Å². The van der Waals surface area contributed by atoms with Gasteiger partial charge in [-0.25, -0.2) is 4.98 Å². The first-order valence-electron chi connectivity index (χ1n) is 10.7. The van der Waals surface area contributed by atoms with Crippen LogP contribution in [-0.2, 0) is 5.41 Å². The predicted octanol–water partition coefficient (Wildman–Crippen LogP) is 1.97. The molecule has 0 unspecified atom stereocenters. The molecule has 6 rings (SSSR count). The highest BCUT2D eigenvalue weighted by molar-refractivity contribution is 5.93.